The molecule has 1 rings (SSSR count). The number of nitrogens with zero attached hydrogens (tertiary/aromatic N) is 1. The molecule has 0 bridgehead atoms. The van der Waals surface area contributed by atoms with E-state index >= 15 is 0 Å². The molecule has 1 aromatic rings. The van der Waals surface area contributed by atoms with Gasteiger partial charge in [0, 0.05) is 19.7 Å². The van der Waals surface area contributed by atoms with Crippen LogP contribution in [0.4, 0.5) is 0 Å². The second-order valence-electron chi connectivity index (χ2n) is 7.92. The first-order chi connectivity index (χ1) is 11.9. The van der Waals surface area contributed by atoms with Crippen molar-refractivity contribution >= 4 is 17.8 Å². The Balaban J connectivity index is 2.79. The molecule has 0 aromatic heterocycles. The Morgan fingerprint density at radius 3 is 2.04 bits per heavy atom. The van der Waals surface area contributed by atoms with Gasteiger partial charge in [0.1, 0.15) is 6.04 Å². The molecule has 0 heterocycles. The van der Waals surface area contributed by atoms with Crippen molar-refractivity contribution in [3.63, 3.8) is 0 Å². The van der Waals surface area contributed by atoms with Crippen molar-refractivity contribution in [2.75, 3.05) is 20.7 Å². The average Bonchev–Trinajstić information content (AvgIpc) is 2.55. The molecule has 0 saturated carbocycles. The number of ether oxygens (including phenoxy) is 1. The van der Waals surface area contributed by atoms with Crippen LogP contribution in [0, 0.1) is 5.92 Å². The van der Waals surface area contributed by atoms with Gasteiger partial charge in [0.05, 0.1) is 0 Å². The molecule has 1 N–H and O–H groups in total. The number of amides is 2. The molecule has 1 aromatic carbocycles. The summed E-state index contributed by atoms with van der Waals surface area (Å²) in [6.07, 6.45) is 0. The number of hydrogen-bond acceptors (Lipinski definition) is 4. The Hall–Kier alpha value is -2.37. The average molecular weight is 362 g/mol. The summed E-state index contributed by atoms with van der Waals surface area (Å²) < 4.78 is 5.04. The summed E-state index contributed by atoms with van der Waals surface area (Å²) in [5, 5.41) is 2.71. The maximum absolute atomic E-state index is 12.5. The Morgan fingerprint density at radius 1 is 1.08 bits per heavy atom. The molecule has 1 unspecified atom stereocenters. The van der Waals surface area contributed by atoms with Gasteiger partial charge in [-0.1, -0.05) is 46.8 Å². The smallest absolute Gasteiger partial charge is 0.329 e. The highest BCUT2D eigenvalue weighted by Crippen LogP contribution is 2.22. The van der Waals surface area contributed by atoms with E-state index in [4.69, 9.17) is 4.74 Å². The third-order valence-electron chi connectivity index (χ3n) is 4.06. The summed E-state index contributed by atoms with van der Waals surface area (Å²) in [5.41, 5.74) is 1.59. The summed E-state index contributed by atoms with van der Waals surface area (Å²) >= 11 is 0. The third kappa shape index (κ3) is 6.17. The third-order valence-corrected chi connectivity index (χ3v) is 4.06. The number of likely N-dealkylation sites (N-methyl/N-ethyl adjacent to an activating group) is 1. The minimum Gasteiger partial charge on any atom is -0.454 e. The van der Waals surface area contributed by atoms with Crippen LogP contribution >= 0.6 is 0 Å². The summed E-state index contributed by atoms with van der Waals surface area (Å²) in [4.78, 5) is 37.6. The Kier molecular flexibility index (Phi) is 7.36. The van der Waals surface area contributed by atoms with Crippen molar-refractivity contribution in [2.45, 2.75) is 46.1 Å². The van der Waals surface area contributed by atoms with Crippen molar-refractivity contribution in [3.05, 3.63) is 35.4 Å². The van der Waals surface area contributed by atoms with Crippen LogP contribution in [-0.2, 0) is 19.7 Å². The Morgan fingerprint density at radius 2 is 1.62 bits per heavy atom. The van der Waals surface area contributed by atoms with E-state index in [0.29, 0.717) is 5.56 Å². The topological polar surface area (TPSA) is 75.7 Å². The normalized spacial score (nSPS) is 12.5. The van der Waals surface area contributed by atoms with Crippen LogP contribution in [0.2, 0.25) is 0 Å². The van der Waals surface area contributed by atoms with Gasteiger partial charge in [-0.15, -0.1) is 0 Å². The van der Waals surface area contributed by atoms with E-state index in [9.17, 15) is 14.4 Å². The molecule has 2 amide bonds. The van der Waals surface area contributed by atoms with Crippen molar-refractivity contribution in [2.24, 2.45) is 5.92 Å². The number of benzene rings is 1. The van der Waals surface area contributed by atoms with E-state index in [1.54, 1.807) is 26.2 Å². The zero-order chi connectivity index (χ0) is 20.1. The van der Waals surface area contributed by atoms with Crippen LogP contribution in [-0.4, -0.2) is 49.4 Å². The number of esters is 1. The first kappa shape index (κ1) is 21.7. The van der Waals surface area contributed by atoms with Gasteiger partial charge < -0.3 is 15.0 Å². The fourth-order valence-electron chi connectivity index (χ4n) is 2.20. The van der Waals surface area contributed by atoms with Gasteiger partial charge >= 0.3 is 5.97 Å². The molecule has 0 radical (unpaired) electrons. The lowest BCUT2D eigenvalue weighted by Crippen LogP contribution is -2.46. The molecule has 0 aliphatic heterocycles. The number of hydrogen-bond donors (Lipinski definition) is 1. The van der Waals surface area contributed by atoms with Crippen molar-refractivity contribution in [1.29, 1.82) is 0 Å². The van der Waals surface area contributed by atoms with Gasteiger partial charge in [0.15, 0.2) is 6.61 Å². The van der Waals surface area contributed by atoms with E-state index in [1.807, 2.05) is 26.0 Å². The SMILES string of the molecule is CC(C)C(NC(=O)c1ccc(C(C)(C)C)cc1)C(=O)OCC(=O)N(C)C. The van der Waals surface area contributed by atoms with Crippen LogP contribution in [0.3, 0.4) is 0 Å². The van der Waals surface area contributed by atoms with E-state index in [2.05, 4.69) is 26.1 Å². The van der Waals surface area contributed by atoms with Crippen molar-refractivity contribution in [3.8, 4) is 0 Å². The highest BCUT2D eigenvalue weighted by atomic mass is 16.5. The molecule has 0 spiro atoms. The molecule has 0 aliphatic rings. The first-order valence-electron chi connectivity index (χ1n) is 8.71. The van der Waals surface area contributed by atoms with Gasteiger partial charge in [-0.25, -0.2) is 4.79 Å². The maximum Gasteiger partial charge on any atom is 0.329 e. The largest absolute Gasteiger partial charge is 0.454 e. The zero-order valence-electron chi connectivity index (χ0n) is 16.8. The van der Waals surface area contributed by atoms with E-state index < -0.39 is 12.0 Å². The molecule has 6 nitrogen and oxygen atoms in total. The monoisotopic (exact) mass is 362 g/mol. The number of nitrogens with one attached hydrogen (secondary N) is 1. The summed E-state index contributed by atoms with van der Waals surface area (Å²) in [6, 6.07) is 6.49. The first-order valence-corrected chi connectivity index (χ1v) is 8.71. The highest BCUT2D eigenvalue weighted by molar-refractivity contribution is 5.97. The van der Waals surface area contributed by atoms with Gasteiger partial charge in [-0.05, 0) is 29.0 Å². The molecule has 1 atom stereocenters. The minimum absolute atomic E-state index is 0.00173. The second kappa shape index (κ2) is 8.83. The standard InChI is InChI=1S/C20H30N2O4/c1-13(2)17(19(25)26-12-16(23)22(6)7)21-18(24)14-8-10-15(11-9-14)20(3,4)5/h8-11,13,17H,12H2,1-7H3,(H,21,24). The quantitative estimate of drug-likeness (QED) is 0.789. The zero-order valence-corrected chi connectivity index (χ0v) is 16.8. The lowest BCUT2D eigenvalue weighted by atomic mass is 9.86. The molecular weight excluding hydrogens is 332 g/mol. The fourth-order valence-corrected chi connectivity index (χ4v) is 2.20. The summed E-state index contributed by atoms with van der Waals surface area (Å²) in [7, 11) is 3.16. The van der Waals surface area contributed by atoms with Gasteiger partial charge in [0.2, 0.25) is 0 Å². The lowest BCUT2D eigenvalue weighted by molar-refractivity contribution is -0.153. The molecule has 144 valence electrons. The highest BCUT2D eigenvalue weighted by Gasteiger charge is 2.27. The molecule has 0 aliphatic carbocycles. The van der Waals surface area contributed by atoms with Gasteiger partial charge in [-0.3, -0.25) is 9.59 Å². The molecule has 0 saturated heterocycles. The molecule has 6 heteroatoms. The van der Waals surface area contributed by atoms with E-state index in [1.165, 1.54) is 4.90 Å². The van der Waals surface area contributed by atoms with Crippen LogP contribution < -0.4 is 5.32 Å². The predicted molar refractivity (Wildman–Crippen MR) is 101 cm³/mol. The van der Waals surface area contributed by atoms with Crippen LogP contribution in [0.15, 0.2) is 24.3 Å². The van der Waals surface area contributed by atoms with Crippen LogP contribution in [0.5, 0.6) is 0 Å². The Bertz CT molecular complexity index is 643. The van der Waals surface area contributed by atoms with Crippen LogP contribution in [0.1, 0.15) is 50.5 Å². The number of carbonyl (C=O) groups excluding carboxylic acids is 3. The summed E-state index contributed by atoms with van der Waals surface area (Å²) in [6.45, 7) is 9.57. The number of carbonyl (C=O) groups is 3. The van der Waals surface area contributed by atoms with Crippen molar-refractivity contribution in [1.82, 2.24) is 10.2 Å². The summed E-state index contributed by atoms with van der Waals surface area (Å²) in [5.74, 6) is -1.45. The van der Waals surface area contributed by atoms with Crippen molar-refractivity contribution < 1.29 is 19.1 Å². The molecular formula is C20H30N2O4. The van der Waals surface area contributed by atoms with Gasteiger partial charge in [0.25, 0.3) is 11.8 Å². The fraction of sp³-hybridized carbons (Fsp3) is 0.550. The van der Waals surface area contributed by atoms with Gasteiger partial charge in [-0.2, -0.15) is 0 Å². The Labute approximate surface area is 155 Å². The predicted octanol–water partition coefficient (Wildman–Crippen LogP) is 2.37. The van der Waals surface area contributed by atoms with E-state index in [-0.39, 0.29) is 29.8 Å². The lowest BCUT2D eigenvalue weighted by Gasteiger charge is -2.22. The minimum atomic E-state index is -0.820. The molecule has 26 heavy (non-hydrogen) atoms. The second-order valence-corrected chi connectivity index (χ2v) is 7.92. The molecule has 0 fully saturated rings. The maximum atomic E-state index is 12.5. The van der Waals surface area contributed by atoms with Crippen LogP contribution in [0.25, 0.3) is 0 Å². The van der Waals surface area contributed by atoms with E-state index in [0.717, 1.165) is 5.56 Å². The number of rotatable bonds is 6.